The van der Waals surface area contributed by atoms with Gasteiger partial charge in [0.05, 0.1) is 0 Å². The predicted octanol–water partition coefficient (Wildman–Crippen LogP) is 3.26. The Labute approximate surface area is 80.1 Å². The van der Waals surface area contributed by atoms with Crippen molar-refractivity contribution in [3.8, 4) is 0 Å². The molecule has 2 aromatic heterocycles. The molecular weight excluding hydrogens is 214 g/mol. The summed E-state index contributed by atoms with van der Waals surface area (Å²) in [5, 5.41) is 0. The van der Waals surface area contributed by atoms with E-state index in [0.717, 1.165) is 10.9 Å². The van der Waals surface area contributed by atoms with E-state index in [2.05, 4.69) is 57.8 Å². The number of fused-ring (bicyclic) bond motifs is 1. The third-order valence-electron chi connectivity index (χ3n) is 2.02. The van der Waals surface area contributed by atoms with Crippen LogP contribution >= 0.6 is 15.9 Å². The van der Waals surface area contributed by atoms with E-state index in [1.807, 2.05) is 0 Å². The van der Waals surface area contributed by atoms with Gasteiger partial charge in [0.1, 0.15) is 0 Å². The first-order valence-corrected chi connectivity index (χ1v) is 4.85. The van der Waals surface area contributed by atoms with Crippen LogP contribution in [0.15, 0.2) is 35.1 Å². The minimum absolute atomic E-state index is 1.10. The lowest BCUT2D eigenvalue weighted by atomic mass is 10.2. The molecule has 0 aliphatic heterocycles. The first-order chi connectivity index (χ1) is 5.79. The molecule has 2 aromatic rings. The highest BCUT2D eigenvalue weighted by Gasteiger charge is 1.96. The second kappa shape index (κ2) is 2.94. The van der Waals surface area contributed by atoms with E-state index >= 15 is 0 Å². The van der Waals surface area contributed by atoms with Crippen LogP contribution in [0.3, 0.4) is 0 Å². The Morgan fingerprint density at radius 2 is 2.17 bits per heavy atom. The van der Waals surface area contributed by atoms with Gasteiger partial charge < -0.3 is 4.40 Å². The fourth-order valence-electron chi connectivity index (χ4n) is 1.34. The van der Waals surface area contributed by atoms with Crippen LogP contribution in [0, 0.1) is 0 Å². The van der Waals surface area contributed by atoms with Crippen molar-refractivity contribution in [2.45, 2.75) is 13.3 Å². The number of hydrogen-bond acceptors (Lipinski definition) is 0. The lowest BCUT2D eigenvalue weighted by Crippen LogP contribution is -1.79. The number of aryl methyl sites for hydroxylation is 1. The second-order valence-corrected chi connectivity index (χ2v) is 3.80. The van der Waals surface area contributed by atoms with Crippen molar-refractivity contribution in [1.29, 1.82) is 0 Å². The highest BCUT2D eigenvalue weighted by Crippen LogP contribution is 2.15. The Kier molecular flexibility index (Phi) is 1.93. The van der Waals surface area contributed by atoms with E-state index in [-0.39, 0.29) is 0 Å². The number of hydrogen-bond donors (Lipinski definition) is 0. The normalized spacial score (nSPS) is 10.8. The van der Waals surface area contributed by atoms with Crippen LogP contribution in [0.1, 0.15) is 12.5 Å². The van der Waals surface area contributed by atoms with Gasteiger partial charge in [-0.15, -0.1) is 0 Å². The monoisotopic (exact) mass is 223 g/mol. The summed E-state index contributed by atoms with van der Waals surface area (Å²) in [7, 11) is 0. The van der Waals surface area contributed by atoms with Crippen LogP contribution in [0.4, 0.5) is 0 Å². The fraction of sp³-hybridized carbons (Fsp3) is 0.200. The summed E-state index contributed by atoms with van der Waals surface area (Å²) >= 11 is 3.44. The van der Waals surface area contributed by atoms with Crippen molar-refractivity contribution in [2.24, 2.45) is 0 Å². The molecule has 0 unspecified atom stereocenters. The molecule has 1 nitrogen and oxygen atoms in total. The molecule has 0 aromatic carbocycles. The average Bonchev–Trinajstić information content (AvgIpc) is 2.46. The average molecular weight is 224 g/mol. The van der Waals surface area contributed by atoms with Crippen molar-refractivity contribution < 1.29 is 0 Å². The quantitative estimate of drug-likeness (QED) is 0.700. The predicted molar refractivity (Wildman–Crippen MR) is 54.5 cm³/mol. The molecule has 0 saturated heterocycles. The second-order valence-electron chi connectivity index (χ2n) is 2.88. The molecule has 0 atom stereocenters. The molecule has 0 saturated carbocycles. The van der Waals surface area contributed by atoms with Crippen molar-refractivity contribution in [3.63, 3.8) is 0 Å². The van der Waals surface area contributed by atoms with Crippen LogP contribution in [-0.2, 0) is 6.42 Å². The molecule has 0 radical (unpaired) electrons. The molecule has 0 fully saturated rings. The highest BCUT2D eigenvalue weighted by atomic mass is 79.9. The van der Waals surface area contributed by atoms with Gasteiger partial charge in [0.2, 0.25) is 0 Å². The maximum absolute atomic E-state index is 3.44. The summed E-state index contributed by atoms with van der Waals surface area (Å²) in [6.45, 7) is 2.17. The number of aromatic nitrogens is 1. The van der Waals surface area contributed by atoms with Crippen LogP contribution in [0.5, 0.6) is 0 Å². The zero-order valence-electron chi connectivity index (χ0n) is 6.92. The van der Waals surface area contributed by atoms with Gasteiger partial charge in [0.25, 0.3) is 0 Å². The molecule has 62 valence electrons. The Balaban J connectivity index is 2.67. The van der Waals surface area contributed by atoms with Gasteiger partial charge in [-0.25, -0.2) is 0 Å². The molecule has 12 heavy (non-hydrogen) atoms. The molecule has 0 N–H and O–H groups in total. The van der Waals surface area contributed by atoms with Crippen LogP contribution in [-0.4, -0.2) is 4.40 Å². The molecular formula is C10H10BrN. The highest BCUT2D eigenvalue weighted by molar-refractivity contribution is 9.10. The Morgan fingerprint density at radius 1 is 1.33 bits per heavy atom. The summed E-state index contributed by atoms with van der Waals surface area (Å²) in [6, 6.07) is 6.39. The minimum Gasteiger partial charge on any atom is -0.322 e. The van der Waals surface area contributed by atoms with Gasteiger partial charge in [-0.1, -0.05) is 6.92 Å². The zero-order valence-corrected chi connectivity index (χ0v) is 8.51. The van der Waals surface area contributed by atoms with Gasteiger partial charge in [-0.2, -0.15) is 0 Å². The maximum Gasteiger partial charge on any atom is 0.0453 e. The fourth-order valence-corrected chi connectivity index (χ4v) is 1.69. The molecule has 2 heterocycles. The van der Waals surface area contributed by atoms with Crippen molar-refractivity contribution >= 4 is 21.4 Å². The summed E-state index contributed by atoms with van der Waals surface area (Å²) in [5.41, 5.74) is 2.64. The Hall–Kier alpha value is -0.760. The van der Waals surface area contributed by atoms with Gasteiger partial charge in [-0.3, -0.25) is 0 Å². The lowest BCUT2D eigenvalue weighted by Gasteiger charge is -1.93. The van der Waals surface area contributed by atoms with Crippen LogP contribution < -0.4 is 0 Å². The summed E-state index contributed by atoms with van der Waals surface area (Å²) in [6.07, 6.45) is 5.34. The molecule has 0 aliphatic rings. The third kappa shape index (κ3) is 1.27. The van der Waals surface area contributed by atoms with Gasteiger partial charge in [-0.05, 0) is 46.1 Å². The smallest absolute Gasteiger partial charge is 0.0453 e. The SMILES string of the molecule is CCc1cc2ccc(Br)cn2c1. The molecule has 0 amide bonds. The lowest BCUT2D eigenvalue weighted by molar-refractivity contribution is 1.11. The van der Waals surface area contributed by atoms with Gasteiger partial charge >= 0.3 is 0 Å². The van der Waals surface area contributed by atoms with E-state index in [4.69, 9.17) is 0 Å². The minimum atomic E-state index is 1.10. The molecule has 0 bridgehead atoms. The third-order valence-corrected chi connectivity index (χ3v) is 2.49. The van der Waals surface area contributed by atoms with Crippen molar-refractivity contribution in [3.05, 3.63) is 40.6 Å². The molecule has 2 heteroatoms. The van der Waals surface area contributed by atoms with Gasteiger partial charge in [0.15, 0.2) is 0 Å². The maximum atomic E-state index is 3.44. The van der Waals surface area contributed by atoms with E-state index < -0.39 is 0 Å². The van der Waals surface area contributed by atoms with E-state index in [9.17, 15) is 0 Å². The largest absolute Gasteiger partial charge is 0.322 e. The van der Waals surface area contributed by atoms with E-state index in [0.29, 0.717) is 0 Å². The first kappa shape index (κ1) is 7.87. The number of nitrogens with zero attached hydrogens (tertiary/aromatic N) is 1. The summed E-state index contributed by atoms with van der Waals surface area (Å²) in [5.74, 6) is 0. The Bertz CT molecular complexity index is 403. The Morgan fingerprint density at radius 3 is 2.92 bits per heavy atom. The molecule has 0 aliphatic carbocycles. The summed E-state index contributed by atoms with van der Waals surface area (Å²) < 4.78 is 3.26. The topological polar surface area (TPSA) is 4.41 Å². The zero-order chi connectivity index (χ0) is 8.55. The molecule has 2 rings (SSSR count). The van der Waals surface area contributed by atoms with E-state index in [1.165, 1.54) is 11.1 Å². The molecule has 0 spiro atoms. The van der Waals surface area contributed by atoms with Gasteiger partial charge in [0, 0.05) is 22.4 Å². The summed E-state index contributed by atoms with van der Waals surface area (Å²) in [4.78, 5) is 0. The van der Waals surface area contributed by atoms with Crippen LogP contribution in [0.2, 0.25) is 0 Å². The van der Waals surface area contributed by atoms with E-state index in [1.54, 1.807) is 0 Å². The number of rotatable bonds is 1. The standard InChI is InChI=1S/C10H10BrN/c1-2-8-5-10-4-3-9(11)7-12(10)6-8/h3-7H,2H2,1H3. The van der Waals surface area contributed by atoms with Crippen molar-refractivity contribution in [2.75, 3.05) is 0 Å². The number of halogens is 1. The van der Waals surface area contributed by atoms with Crippen LogP contribution in [0.25, 0.3) is 5.52 Å². The first-order valence-electron chi connectivity index (χ1n) is 4.06. The number of pyridine rings is 1. The van der Waals surface area contributed by atoms with Crippen molar-refractivity contribution in [1.82, 2.24) is 4.40 Å².